The number of terminal acetylenes is 1. The summed E-state index contributed by atoms with van der Waals surface area (Å²) in [7, 11) is 0. The van der Waals surface area contributed by atoms with Crippen LogP contribution in [0.3, 0.4) is 0 Å². The highest BCUT2D eigenvalue weighted by molar-refractivity contribution is 4.98. The van der Waals surface area contributed by atoms with Crippen LogP contribution in [0.25, 0.3) is 0 Å². The number of nitrogens with two attached hydrogens (primary N) is 1. The van der Waals surface area contributed by atoms with Crippen LogP contribution in [-0.2, 0) is 0 Å². The molecule has 1 fully saturated rings. The Morgan fingerprint density at radius 1 is 1.80 bits per heavy atom. The molecule has 1 unspecified atom stereocenters. The number of hydrogen-bond donors (Lipinski definition) is 1. The van der Waals surface area contributed by atoms with Crippen molar-refractivity contribution in [2.45, 2.75) is 32.2 Å². The largest absolute Gasteiger partial charge is 0.327 e. The van der Waals surface area contributed by atoms with Gasteiger partial charge in [0, 0.05) is 12.5 Å². The van der Waals surface area contributed by atoms with E-state index in [1.807, 2.05) is 0 Å². The van der Waals surface area contributed by atoms with Crippen LogP contribution in [0.4, 0.5) is 0 Å². The van der Waals surface area contributed by atoms with Gasteiger partial charge in [0.15, 0.2) is 0 Å². The van der Waals surface area contributed by atoms with Crippen molar-refractivity contribution in [3.8, 4) is 12.3 Å². The molecule has 0 spiro atoms. The molecule has 0 aromatic heterocycles. The van der Waals surface area contributed by atoms with Crippen molar-refractivity contribution in [1.82, 2.24) is 0 Å². The van der Waals surface area contributed by atoms with Crippen molar-refractivity contribution in [2.24, 2.45) is 17.6 Å². The second-order valence-corrected chi connectivity index (χ2v) is 3.14. The summed E-state index contributed by atoms with van der Waals surface area (Å²) in [5, 5.41) is 0. The topological polar surface area (TPSA) is 26.0 Å². The molecule has 0 amide bonds. The Hall–Kier alpha value is -0.480. The highest BCUT2D eigenvalue weighted by Gasteiger charge is 2.39. The lowest BCUT2D eigenvalue weighted by Crippen LogP contribution is -2.22. The summed E-state index contributed by atoms with van der Waals surface area (Å²) >= 11 is 0. The molecule has 1 aliphatic rings. The Bertz CT molecular complexity index is 145. The molecule has 2 N–H and O–H groups in total. The molecule has 1 nitrogen and oxygen atoms in total. The zero-order valence-corrected chi connectivity index (χ0v) is 6.51. The summed E-state index contributed by atoms with van der Waals surface area (Å²) in [6.07, 6.45) is 8.47. The van der Waals surface area contributed by atoms with E-state index in [4.69, 9.17) is 12.2 Å². The van der Waals surface area contributed by atoms with Gasteiger partial charge in [0.2, 0.25) is 0 Å². The fraction of sp³-hybridized carbons (Fsp3) is 0.778. The highest BCUT2D eigenvalue weighted by atomic mass is 14.7. The first-order chi connectivity index (χ1) is 4.79. The molecule has 0 aromatic rings. The van der Waals surface area contributed by atoms with Gasteiger partial charge in [-0.15, -0.1) is 12.3 Å². The molecule has 0 saturated heterocycles. The van der Waals surface area contributed by atoms with Gasteiger partial charge in [-0.2, -0.15) is 0 Å². The molecule has 1 rings (SSSR count). The van der Waals surface area contributed by atoms with Crippen LogP contribution in [0, 0.1) is 24.2 Å². The van der Waals surface area contributed by atoms with Gasteiger partial charge in [0.25, 0.3) is 0 Å². The molecule has 0 radical (unpaired) electrons. The molecule has 1 aliphatic carbocycles. The van der Waals surface area contributed by atoms with Crippen LogP contribution >= 0.6 is 0 Å². The van der Waals surface area contributed by atoms with Crippen molar-refractivity contribution in [3.05, 3.63) is 0 Å². The Kier molecular flexibility index (Phi) is 2.34. The first-order valence-corrected chi connectivity index (χ1v) is 3.98. The van der Waals surface area contributed by atoms with Gasteiger partial charge in [0.05, 0.1) is 0 Å². The van der Waals surface area contributed by atoms with Crippen LogP contribution in [0.2, 0.25) is 0 Å². The predicted octanol–water partition coefficient (Wildman–Crippen LogP) is 1.38. The van der Waals surface area contributed by atoms with Crippen LogP contribution in [0.1, 0.15) is 26.2 Å². The van der Waals surface area contributed by atoms with Gasteiger partial charge >= 0.3 is 0 Å². The standard InChI is InChI=1S/C9H15N/c1-3-5-9(10)8-6-7(8)4-2/h1,7-9H,4-6,10H2,2H3/t7-,8-,9?/m1/s1. The van der Waals surface area contributed by atoms with Crippen LogP contribution in [0.15, 0.2) is 0 Å². The van der Waals surface area contributed by atoms with E-state index in [1.54, 1.807) is 0 Å². The SMILES string of the molecule is C#CCC(N)[C@@H]1C[C@H]1CC. The quantitative estimate of drug-likeness (QED) is 0.584. The first-order valence-electron chi connectivity index (χ1n) is 3.98. The minimum atomic E-state index is 0.273. The number of hydrogen-bond acceptors (Lipinski definition) is 1. The zero-order valence-electron chi connectivity index (χ0n) is 6.51. The Labute approximate surface area is 63.0 Å². The Morgan fingerprint density at radius 3 is 2.90 bits per heavy atom. The molecule has 56 valence electrons. The number of rotatable bonds is 3. The molecule has 1 heteroatoms. The fourth-order valence-electron chi connectivity index (χ4n) is 1.55. The Balaban J connectivity index is 2.20. The van der Waals surface area contributed by atoms with Crippen molar-refractivity contribution in [3.63, 3.8) is 0 Å². The van der Waals surface area contributed by atoms with E-state index in [0.717, 1.165) is 18.3 Å². The maximum absolute atomic E-state index is 5.81. The lowest BCUT2D eigenvalue weighted by atomic mass is 10.1. The second kappa shape index (κ2) is 3.07. The molecule has 0 bridgehead atoms. The smallest absolute Gasteiger partial charge is 0.0241 e. The summed E-state index contributed by atoms with van der Waals surface area (Å²) in [5.41, 5.74) is 5.81. The summed E-state index contributed by atoms with van der Waals surface area (Å²) in [6, 6.07) is 0.273. The normalized spacial score (nSPS) is 32.9. The van der Waals surface area contributed by atoms with Gasteiger partial charge in [0.1, 0.15) is 0 Å². The lowest BCUT2D eigenvalue weighted by Gasteiger charge is -2.04. The minimum absolute atomic E-state index is 0.273. The summed E-state index contributed by atoms with van der Waals surface area (Å²) in [6.45, 7) is 2.22. The van der Waals surface area contributed by atoms with Crippen molar-refractivity contribution >= 4 is 0 Å². The van der Waals surface area contributed by atoms with Crippen molar-refractivity contribution in [1.29, 1.82) is 0 Å². The third-order valence-electron chi connectivity index (χ3n) is 2.41. The molecular weight excluding hydrogens is 122 g/mol. The molecule has 3 atom stereocenters. The third kappa shape index (κ3) is 1.52. The van der Waals surface area contributed by atoms with E-state index in [9.17, 15) is 0 Å². The van der Waals surface area contributed by atoms with E-state index >= 15 is 0 Å². The van der Waals surface area contributed by atoms with Gasteiger partial charge < -0.3 is 5.73 Å². The third-order valence-corrected chi connectivity index (χ3v) is 2.41. The van der Waals surface area contributed by atoms with Gasteiger partial charge in [-0.25, -0.2) is 0 Å². The Morgan fingerprint density at radius 2 is 2.50 bits per heavy atom. The van der Waals surface area contributed by atoms with Crippen LogP contribution in [0.5, 0.6) is 0 Å². The van der Waals surface area contributed by atoms with Crippen LogP contribution in [-0.4, -0.2) is 6.04 Å². The predicted molar refractivity (Wildman–Crippen MR) is 43.3 cm³/mol. The maximum Gasteiger partial charge on any atom is 0.0241 e. The second-order valence-electron chi connectivity index (χ2n) is 3.14. The average molecular weight is 137 g/mol. The molecule has 10 heavy (non-hydrogen) atoms. The van der Waals surface area contributed by atoms with Crippen molar-refractivity contribution in [2.75, 3.05) is 0 Å². The van der Waals surface area contributed by atoms with E-state index in [-0.39, 0.29) is 6.04 Å². The van der Waals surface area contributed by atoms with Gasteiger partial charge in [-0.1, -0.05) is 13.3 Å². The summed E-state index contributed by atoms with van der Waals surface area (Å²) in [5.74, 6) is 4.22. The fourth-order valence-corrected chi connectivity index (χ4v) is 1.55. The minimum Gasteiger partial charge on any atom is -0.327 e. The van der Waals surface area contributed by atoms with E-state index < -0.39 is 0 Å². The molecular formula is C9H15N. The van der Waals surface area contributed by atoms with Crippen LogP contribution < -0.4 is 5.73 Å². The summed E-state index contributed by atoms with van der Waals surface area (Å²) in [4.78, 5) is 0. The molecule has 0 aromatic carbocycles. The van der Waals surface area contributed by atoms with Gasteiger partial charge in [-0.05, 0) is 18.3 Å². The van der Waals surface area contributed by atoms with E-state index in [0.29, 0.717) is 0 Å². The monoisotopic (exact) mass is 137 g/mol. The summed E-state index contributed by atoms with van der Waals surface area (Å²) < 4.78 is 0. The first kappa shape index (κ1) is 7.63. The average Bonchev–Trinajstić information content (AvgIpc) is 2.66. The van der Waals surface area contributed by atoms with E-state index in [1.165, 1.54) is 12.8 Å². The lowest BCUT2D eigenvalue weighted by molar-refractivity contribution is 0.553. The zero-order chi connectivity index (χ0) is 7.56. The molecule has 0 aliphatic heterocycles. The van der Waals surface area contributed by atoms with Gasteiger partial charge in [-0.3, -0.25) is 0 Å². The highest BCUT2D eigenvalue weighted by Crippen LogP contribution is 2.43. The van der Waals surface area contributed by atoms with E-state index in [2.05, 4.69) is 12.8 Å². The van der Waals surface area contributed by atoms with Crippen molar-refractivity contribution < 1.29 is 0 Å². The molecule has 1 saturated carbocycles. The molecule has 0 heterocycles. The maximum atomic E-state index is 5.81.